The first-order valence-electron chi connectivity index (χ1n) is 3.47. The molecule has 0 heterocycles. The molecule has 0 aliphatic rings. The number of carboxylic acid groups (broad SMARTS) is 1. The molecule has 0 spiro atoms. The summed E-state index contributed by atoms with van der Waals surface area (Å²) in [7, 11) is 0. The summed E-state index contributed by atoms with van der Waals surface area (Å²) in [5, 5.41) is 9.85. The van der Waals surface area contributed by atoms with Crippen LogP contribution in [0.15, 0.2) is 0 Å². The average molecular weight is 330 g/mol. The Morgan fingerprint density at radius 2 is 1.90 bits per heavy atom. The van der Waals surface area contributed by atoms with Crippen molar-refractivity contribution in [3.05, 3.63) is 0 Å². The normalized spacial score (nSPS) is 8.50. The molecule has 0 atom stereocenters. The van der Waals surface area contributed by atoms with Gasteiger partial charge in [0.15, 0.2) is 0 Å². The van der Waals surface area contributed by atoms with Crippen molar-refractivity contribution in [3.8, 4) is 0 Å². The third-order valence-corrected chi connectivity index (χ3v) is 1.23. The largest absolute Gasteiger partial charge is 1.00 e. The summed E-state index contributed by atoms with van der Waals surface area (Å²) in [4.78, 5) is 9.85. The van der Waals surface area contributed by atoms with Crippen LogP contribution < -0.4 is 5.11 Å². The third-order valence-electron chi connectivity index (χ3n) is 1.23. The van der Waals surface area contributed by atoms with E-state index in [0.29, 0.717) is 0 Å². The number of hydrogen-bond donors (Lipinski definition) is 0. The standard InChI is InChI=1S/C7H14O2.Hg/c1-2-3-4-5-6-7(8)9;/h2-6H2,1H3,(H,8,9);/q;+1/p-1. The molecule has 0 bridgehead atoms. The number of carbonyl (C=O) groups is 1. The molecular weight excluding hydrogens is 317 g/mol. The molecule has 0 unspecified atom stereocenters. The number of aliphatic carboxylic acids is 1. The van der Waals surface area contributed by atoms with Crippen LogP contribution in [0.2, 0.25) is 0 Å². The van der Waals surface area contributed by atoms with E-state index in [0.717, 1.165) is 25.7 Å². The number of carboxylic acids is 1. The van der Waals surface area contributed by atoms with Crippen LogP contribution in [0.5, 0.6) is 0 Å². The van der Waals surface area contributed by atoms with Crippen LogP contribution in [0.3, 0.4) is 0 Å². The van der Waals surface area contributed by atoms with Crippen molar-refractivity contribution in [1.29, 1.82) is 0 Å². The Kier molecular flexibility index (Phi) is 12.3. The molecule has 0 aliphatic heterocycles. The van der Waals surface area contributed by atoms with E-state index in [1.807, 2.05) is 0 Å². The fourth-order valence-corrected chi connectivity index (χ4v) is 0.696. The second kappa shape index (κ2) is 9.41. The van der Waals surface area contributed by atoms with Crippen LogP contribution in [0.4, 0.5) is 0 Å². The molecule has 0 N–H and O–H groups in total. The maximum atomic E-state index is 9.85. The van der Waals surface area contributed by atoms with Crippen LogP contribution in [0.1, 0.15) is 39.0 Å². The number of unbranched alkanes of at least 4 members (excludes halogenated alkanes) is 3. The van der Waals surface area contributed by atoms with Gasteiger partial charge in [0.1, 0.15) is 0 Å². The molecule has 0 amide bonds. The van der Waals surface area contributed by atoms with Gasteiger partial charge >= 0.3 is 27.7 Å². The molecule has 0 saturated carbocycles. The SMILES string of the molecule is CCCCCCC(=O)[O-].[Hg+]. The zero-order valence-corrected chi connectivity index (χ0v) is 12.1. The van der Waals surface area contributed by atoms with Gasteiger partial charge in [0.05, 0.1) is 0 Å². The van der Waals surface area contributed by atoms with Crippen molar-refractivity contribution in [1.82, 2.24) is 0 Å². The average Bonchev–Trinajstić information content (AvgIpc) is 1.80. The van der Waals surface area contributed by atoms with Crippen molar-refractivity contribution in [2.45, 2.75) is 39.0 Å². The molecule has 0 aromatic rings. The Bertz CT molecular complexity index is 83.7. The van der Waals surface area contributed by atoms with Gasteiger partial charge in [0.25, 0.3) is 0 Å². The molecule has 10 heavy (non-hydrogen) atoms. The summed E-state index contributed by atoms with van der Waals surface area (Å²) in [5.74, 6) is -0.925. The van der Waals surface area contributed by atoms with Gasteiger partial charge in [-0.25, -0.2) is 0 Å². The molecule has 55 valence electrons. The topological polar surface area (TPSA) is 40.1 Å². The van der Waals surface area contributed by atoms with Crippen LogP contribution in [0.25, 0.3) is 0 Å². The predicted molar refractivity (Wildman–Crippen MR) is 33.8 cm³/mol. The van der Waals surface area contributed by atoms with E-state index < -0.39 is 5.97 Å². The molecule has 2 nitrogen and oxygen atoms in total. The Hall–Kier alpha value is 0.405. The van der Waals surface area contributed by atoms with E-state index in [1.165, 1.54) is 0 Å². The van der Waals surface area contributed by atoms with Gasteiger partial charge in [-0.05, 0) is 12.8 Å². The van der Waals surface area contributed by atoms with Crippen molar-refractivity contribution < 1.29 is 37.6 Å². The Balaban J connectivity index is 0. The summed E-state index contributed by atoms with van der Waals surface area (Å²) < 4.78 is 0. The summed E-state index contributed by atoms with van der Waals surface area (Å²) in [6.07, 6.45) is 4.29. The zero-order chi connectivity index (χ0) is 7.11. The van der Waals surface area contributed by atoms with Gasteiger partial charge in [-0.2, -0.15) is 0 Å². The Labute approximate surface area is 82.5 Å². The fraction of sp³-hybridized carbons (Fsp3) is 0.857. The van der Waals surface area contributed by atoms with Gasteiger partial charge in [-0.15, -0.1) is 0 Å². The number of carbonyl (C=O) groups excluding carboxylic acids is 1. The third kappa shape index (κ3) is 11.2. The van der Waals surface area contributed by atoms with Crippen molar-refractivity contribution in [2.24, 2.45) is 0 Å². The minimum absolute atomic E-state index is 0. The predicted octanol–water partition coefficient (Wildman–Crippen LogP) is 0.704. The fourth-order valence-electron chi connectivity index (χ4n) is 0.696. The molecule has 0 rings (SSSR count). The van der Waals surface area contributed by atoms with Gasteiger partial charge < -0.3 is 9.90 Å². The van der Waals surface area contributed by atoms with E-state index in [9.17, 15) is 9.90 Å². The molecule has 0 aromatic carbocycles. The smallest absolute Gasteiger partial charge is 0.550 e. The molecule has 1 radical (unpaired) electrons. The molecule has 0 aromatic heterocycles. The van der Waals surface area contributed by atoms with Crippen molar-refractivity contribution in [2.75, 3.05) is 0 Å². The zero-order valence-electron chi connectivity index (χ0n) is 6.56. The maximum absolute atomic E-state index is 9.85. The van der Waals surface area contributed by atoms with Gasteiger partial charge in [0.2, 0.25) is 0 Å². The van der Waals surface area contributed by atoms with Crippen LogP contribution in [-0.4, -0.2) is 5.97 Å². The molecule has 3 heteroatoms. The van der Waals surface area contributed by atoms with Gasteiger partial charge in [-0.3, -0.25) is 0 Å². The van der Waals surface area contributed by atoms with Gasteiger partial charge in [-0.1, -0.05) is 26.2 Å². The van der Waals surface area contributed by atoms with E-state index in [1.54, 1.807) is 0 Å². The first kappa shape index (κ1) is 13.0. The summed E-state index contributed by atoms with van der Waals surface area (Å²) in [6.45, 7) is 2.10. The van der Waals surface area contributed by atoms with Crippen molar-refractivity contribution in [3.63, 3.8) is 0 Å². The second-order valence-corrected chi connectivity index (χ2v) is 2.18. The van der Waals surface area contributed by atoms with E-state index in [2.05, 4.69) is 6.92 Å². The Morgan fingerprint density at radius 3 is 2.30 bits per heavy atom. The first-order chi connectivity index (χ1) is 4.27. The first-order valence-corrected chi connectivity index (χ1v) is 3.47. The summed E-state index contributed by atoms with van der Waals surface area (Å²) in [5.41, 5.74) is 0. The van der Waals surface area contributed by atoms with Crippen LogP contribution in [0, 0.1) is 0 Å². The van der Waals surface area contributed by atoms with E-state index >= 15 is 0 Å². The maximum Gasteiger partial charge on any atom is 1.00 e. The monoisotopic (exact) mass is 331 g/mol. The molecular formula is C7H13HgO2. The summed E-state index contributed by atoms with van der Waals surface area (Å²) >= 11 is 0. The van der Waals surface area contributed by atoms with Crippen LogP contribution in [-0.2, 0) is 32.5 Å². The quantitative estimate of drug-likeness (QED) is 0.550. The van der Waals surface area contributed by atoms with Crippen LogP contribution >= 0.6 is 0 Å². The van der Waals surface area contributed by atoms with E-state index in [4.69, 9.17) is 0 Å². The second-order valence-electron chi connectivity index (χ2n) is 2.18. The Morgan fingerprint density at radius 1 is 1.30 bits per heavy atom. The minimum atomic E-state index is -0.925. The number of hydrogen-bond acceptors (Lipinski definition) is 2. The minimum Gasteiger partial charge on any atom is -0.550 e. The molecule has 0 saturated heterocycles. The van der Waals surface area contributed by atoms with Crippen molar-refractivity contribution >= 4 is 5.97 Å². The molecule has 0 fully saturated rings. The summed E-state index contributed by atoms with van der Waals surface area (Å²) in [6, 6.07) is 0. The number of rotatable bonds is 5. The molecule has 0 aliphatic carbocycles. The van der Waals surface area contributed by atoms with Gasteiger partial charge in [0, 0.05) is 5.97 Å². The van der Waals surface area contributed by atoms with E-state index in [-0.39, 0.29) is 34.1 Å².